The van der Waals surface area contributed by atoms with Crippen molar-refractivity contribution >= 4 is 17.4 Å². The van der Waals surface area contributed by atoms with E-state index in [1.54, 1.807) is 13.3 Å². The standard InChI is InChI=1S/C23H25N3O2/c1-3-6-22(27)26-21-9-5-14-24-23(21)25-16-17-10-12-18(13-11-17)19-7-4-8-20(15-19)28-2/h4-5,7-15H,3,6,16H2,1-2H3,(H,24,25)(H,26,27). The van der Waals surface area contributed by atoms with Crippen molar-refractivity contribution in [3.8, 4) is 16.9 Å². The largest absolute Gasteiger partial charge is 0.497 e. The lowest BCUT2D eigenvalue weighted by atomic mass is 10.0. The van der Waals surface area contributed by atoms with E-state index >= 15 is 0 Å². The average Bonchev–Trinajstić information content (AvgIpc) is 2.74. The molecular weight excluding hydrogens is 350 g/mol. The molecule has 5 nitrogen and oxygen atoms in total. The Labute approximate surface area is 165 Å². The molecule has 0 aliphatic heterocycles. The number of carbonyl (C=O) groups is 1. The van der Waals surface area contributed by atoms with Crippen molar-refractivity contribution in [3.63, 3.8) is 0 Å². The van der Waals surface area contributed by atoms with Gasteiger partial charge in [0, 0.05) is 19.2 Å². The second-order valence-corrected chi connectivity index (χ2v) is 6.48. The van der Waals surface area contributed by atoms with Crippen LogP contribution < -0.4 is 15.4 Å². The predicted octanol–water partition coefficient (Wildman–Crippen LogP) is 5.11. The first-order valence-electron chi connectivity index (χ1n) is 9.41. The van der Waals surface area contributed by atoms with Crippen molar-refractivity contribution in [3.05, 3.63) is 72.4 Å². The molecule has 0 fully saturated rings. The van der Waals surface area contributed by atoms with Crippen LogP contribution in [0.1, 0.15) is 25.3 Å². The van der Waals surface area contributed by atoms with Gasteiger partial charge in [-0.05, 0) is 47.4 Å². The normalized spacial score (nSPS) is 10.4. The number of nitrogens with zero attached hydrogens (tertiary/aromatic N) is 1. The van der Waals surface area contributed by atoms with E-state index in [4.69, 9.17) is 4.74 Å². The van der Waals surface area contributed by atoms with E-state index in [1.165, 1.54) is 0 Å². The summed E-state index contributed by atoms with van der Waals surface area (Å²) in [6, 6.07) is 20.0. The number of benzene rings is 2. The van der Waals surface area contributed by atoms with Crippen molar-refractivity contribution in [1.29, 1.82) is 0 Å². The lowest BCUT2D eigenvalue weighted by Crippen LogP contribution is -2.13. The summed E-state index contributed by atoms with van der Waals surface area (Å²) < 4.78 is 5.29. The van der Waals surface area contributed by atoms with Crippen molar-refractivity contribution in [1.82, 2.24) is 4.98 Å². The highest BCUT2D eigenvalue weighted by atomic mass is 16.5. The van der Waals surface area contributed by atoms with Crippen LogP contribution in [0.15, 0.2) is 66.9 Å². The molecule has 28 heavy (non-hydrogen) atoms. The van der Waals surface area contributed by atoms with Crippen LogP contribution in [0.2, 0.25) is 0 Å². The molecule has 0 saturated carbocycles. The number of carbonyl (C=O) groups excluding carboxylic acids is 1. The zero-order valence-corrected chi connectivity index (χ0v) is 16.2. The first-order chi connectivity index (χ1) is 13.7. The zero-order chi connectivity index (χ0) is 19.8. The van der Waals surface area contributed by atoms with E-state index < -0.39 is 0 Å². The summed E-state index contributed by atoms with van der Waals surface area (Å²) in [5.41, 5.74) is 4.08. The highest BCUT2D eigenvalue weighted by molar-refractivity contribution is 5.93. The Balaban J connectivity index is 1.66. The fourth-order valence-corrected chi connectivity index (χ4v) is 2.89. The van der Waals surface area contributed by atoms with Gasteiger partial charge in [-0.15, -0.1) is 0 Å². The Kier molecular flexibility index (Phi) is 6.63. The minimum atomic E-state index is 0.00110. The molecule has 2 N–H and O–H groups in total. The van der Waals surface area contributed by atoms with E-state index in [1.807, 2.05) is 37.3 Å². The Morgan fingerprint density at radius 1 is 1.04 bits per heavy atom. The van der Waals surface area contributed by atoms with Gasteiger partial charge < -0.3 is 15.4 Å². The van der Waals surface area contributed by atoms with Crippen molar-refractivity contribution in [2.24, 2.45) is 0 Å². The third-order valence-electron chi connectivity index (χ3n) is 4.38. The molecule has 1 amide bonds. The number of hydrogen-bond acceptors (Lipinski definition) is 4. The van der Waals surface area contributed by atoms with E-state index in [0.717, 1.165) is 28.9 Å². The topological polar surface area (TPSA) is 63.2 Å². The number of anilines is 2. The van der Waals surface area contributed by atoms with Gasteiger partial charge >= 0.3 is 0 Å². The van der Waals surface area contributed by atoms with Gasteiger partial charge in [0.2, 0.25) is 5.91 Å². The number of rotatable bonds is 8. The van der Waals surface area contributed by atoms with Crippen LogP contribution in [0.5, 0.6) is 5.75 Å². The molecule has 2 aromatic carbocycles. The molecule has 0 aliphatic carbocycles. The monoisotopic (exact) mass is 375 g/mol. The molecule has 0 saturated heterocycles. The maximum absolute atomic E-state index is 11.9. The minimum Gasteiger partial charge on any atom is -0.497 e. The van der Waals surface area contributed by atoms with E-state index in [-0.39, 0.29) is 5.91 Å². The van der Waals surface area contributed by atoms with E-state index in [2.05, 4.69) is 45.9 Å². The first-order valence-corrected chi connectivity index (χ1v) is 9.41. The number of aromatic nitrogens is 1. The molecule has 1 aromatic heterocycles. The van der Waals surface area contributed by atoms with Crippen molar-refractivity contribution < 1.29 is 9.53 Å². The molecule has 5 heteroatoms. The average molecular weight is 375 g/mol. The van der Waals surface area contributed by atoms with Gasteiger partial charge in [0.1, 0.15) is 11.6 Å². The van der Waals surface area contributed by atoms with Gasteiger partial charge in [0.25, 0.3) is 0 Å². The molecular formula is C23H25N3O2. The molecule has 0 aliphatic rings. The molecule has 0 spiro atoms. The molecule has 144 valence electrons. The van der Waals surface area contributed by atoms with Crippen molar-refractivity contribution in [2.75, 3.05) is 17.7 Å². The summed E-state index contributed by atoms with van der Waals surface area (Å²) in [5, 5.41) is 6.22. The highest BCUT2D eigenvalue weighted by Gasteiger charge is 2.07. The number of hydrogen-bond donors (Lipinski definition) is 2. The van der Waals surface area contributed by atoms with Crippen LogP contribution in [0.4, 0.5) is 11.5 Å². The van der Waals surface area contributed by atoms with Gasteiger partial charge in [-0.25, -0.2) is 4.98 Å². The molecule has 0 radical (unpaired) electrons. The van der Waals surface area contributed by atoms with Crippen LogP contribution >= 0.6 is 0 Å². The second-order valence-electron chi connectivity index (χ2n) is 6.48. The number of nitrogens with one attached hydrogen (secondary N) is 2. The number of methoxy groups -OCH3 is 1. The predicted molar refractivity (Wildman–Crippen MR) is 114 cm³/mol. The van der Waals surface area contributed by atoms with Crippen LogP contribution in [0, 0.1) is 0 Å². The van der Waals surface area contributed by atoms with Crippen LogP contribution in [0.25, 0.3) is 11.1 Å². The summed E-state index contributed by atoms with van der Waals surface area (Å²) in [5.74, 6) is 1.51. The Bertz CT molecular complexity index is 923. The Morgan fingerprint density at radius 3 is 2.61 bits per heavy atom. The molecule has 3 aromatic rings. The molecule has 0 atom stereocenters. The Hall–Kier alpha value is -3.34. The lowest BCUT2D eigenvalue weighted by molar-refractivity contribution is -0.116. The quantitative estimate of drug-likeness (QED) is 0.574. The second kappa shape index (κ2) is 9.55. The molecule has 3 rings (SSSR count). The summed E-state index contributed by atoms with van der Waals surface area (Å²) >= 11 is 0. The van der Waals surface area contributed by atoms with Crippen molar-refractivity contribution in [2.45, 2.75) is 26.3 Å². The van der Waals surface area contributed by atoms with Gasteiger partial charge in [-0.2, -0.15) is 0 Å². The third-order valence-corrected chi connectivity index (χ3v) is 4.38. The van der Waals surface area contributed by atoms with E-state index in [9.17, 15) is 4.79 Å². The summed E-state index contributed by atoms with van der Waals surface area (Å²) in [4.78, 5) is 16.2. The summed E-state index contributed by atoms with van der Waals surface area (Å²) in [6.45, 7) is 2.60. The maximum atomic E-state index is 11.9. The van der Waals surface area contributed by atoms with Crippen LogP contribution in [-0.4, -0.2) is 18.0 Å². The van der Waals surface area contributed by atoms with Gasteiger partial charge in [-0.1, -0.05) is 43.3 Å². The van der Waals surface area contributed by atoms with Crippen LogP contribution in [0.3, 0.4) is 0 Å². The maximum Gasteiger partial charge on any atom is 0.224 e. The fraction of sp³-hybridized carbons (Fsp3) is 0.217. The first kappa shape index (κ1) is 19.4. The van der Waals surface area contributed by atoms with Gasteiger partial charge in [0.15, 0.2) is 0 Å². The van der Waals surface area contributed by atoms with E-state index in [0.29, 0.717) is 24.5 Å². The summed E-state index contributed by atoms with van der Waals surface area (Å²) in [7, 11) is 1.67. The molecule has 0 bridgehead atoms. The van der Waals surface area contributed by atoms with Gasteiger partial charge in [-0.3, -0.25) is 4.79 Å². The zero-order valence-electron chi connectivity index (χ0n) is 16.2. The third kappa shape index (κ3) is 5.10. The summed E-state index contributed by atoms with van der Waals surface area (Å²) in [6.07, 6.45) is 3.03. The van der Waals surface area contributed by atoms with Gasteiger partial charge in [0.05, 0.1) is 12.8 Å². The lowest BCUT2D eigenvalue weighted by Gasteiger charge is -2.12. The van der Waals surface area contributed by atoms with Crippen LogP contribution in [-0.2, 0) is 11.3 Å². The number of ether oxygens (including phenoxy) is 1. The molecule has 1 heterocycles. The SMILES string of the molecule is CCCC(=O)Nc1cccnc1NCc1ccc(-c2cccc(OC)c2)cc1. The number of amides is 1. The number of pyridine rings is 1. The fourth-order valence-electron chi connectivity index (χ4n) is 2.89. The molecule has 0 unspecified atom stereocenters. The minimum absolute atomic E-state index is 0.00110. The smallest absolute Gasteiger partial charge is 0.224 e. The Morgan fingerprint density at radius 2 is 1.86 bits per heavy atom. The highest BCUT2D eigenvalue weighted by Crippen LogP contribution is 2.25.